The molecule has 0 aliphatic rings. The second-order valence-electron chi connectivity index (χ2n) is 5.78. The zero-order valence-electron chi connectivity index (χ0n) is 12.7. The maximum atomic E-state index is 13.2. The van der Waals surface area contributed by atoms with E-state index in [9.17, 15) is 9.18 Å². The van der Waals surface area contributed by atoms with E-state index in [4.69, 9.17) is 4.74 Å². The molecule has 0 bridgehead atoms. The summed E-state index contributed by atoms with van der Waals surface area (Å²) in [5.41, 5.74) is 0.369. The lowest BCUT2D eigenvalue weighted by molar-refractivity contribution is -0.128. The summed E-state index contributed by atoms with van der Waals surface area (Å²) < 4.78 is 18.9. The molecule has 0 spiro atoms. The van der Waals surface area contributed by atoms with Crippen molar-refractivity contribution < 1.29 is 13.9 Å². The predicted octanol–water partition coefficient (Wildman–Crippen LogP) is 2.23. The quantitative estimate of drug-likeness (QED) is 0.870. The van der Waals surface area contributed by atoms with Crippen LogP contribution >= 0.6 is 0 Å². The molecule has 4 nitrogen and oxygen atoms in total. The van der Waals surface area contributed by atoms with Gasteiger partial charge in [0.15, 0.2) is 6.10 Å². The van der Waals surface area contributed by atoms with Crippen LogP contribution in [0.25, 0.3) is 0 Å². The fraction of sp³-hybridized carbons (Fsp3) is 0.533. The van der Waals surface area contributed by atoms with E-state index in [0.717, 1.165) is 0 Å². The van der Waals surface area contributed by atoms with Gasteiger partial charge >= 0.3 is 0 Å². The van der Waals surface area contributed by atoms with Crippen LogP contribution in [0, 0.1) is 5.82 Å². The third kappa shape index (κ3) is 5.17. The molecule has 0 aliphatic carbocycles. The molecule has 5 heteroatoms. The number of halogens is 1. The molecular formula is C15H23FN2O2. The van der Waals surface area contributed by atoms with Crippen LogP contribution in [0.1, 0.15) is 33.3 Å². The second-order valence-corrected chi connectivity index (χ2v) is 5.78. The van der Waals surface area contributed by atoms with Crippen LogP contribution in [0.3, 0.4) is 0 Å². The van der Waals surface area contributed by atoms with Crippen LogP contribution in [-0.4, -0.2) is 24.6 Å². The van der Waals surface area contributed by atoms with Crippen molar-refractivity contribution in [2.75, 3.05) is 7.05 Å². The van der Waals surface area contributed by atoms with Gasteiger partial charge in [-0.2, -0.15) is 0 Å². The SMILES string of the molecule is CNCc1cc(F)ccc1OC(C)C(=O)NC(C)(C)C. The van der Waals surface area contributed by atoms with Crippen LogP contribution in [0.2, 0.25) is 0 Å². The van der Waals surface area contributed by atoms with Crippen molar-refractivity contribution in [3.8, 4) is 5.75 Å². The third-order valence-electron chi connectivity index (χ3n) is 2.56. The maximum absolute atomic E-state index is 13.2. The lowest BCUT2D eigenvalue weighted by atomic mass is 10.1. The summed E-state index contributed by atoms with van der Waals surface area (Å²) in [5.74, 6) is -0.0102. The molecule has 0 aromatic heterocycles. The number of ether oxygens (including phenoxy) is 1. The van der Waals surface area contributed by atoms with Gasteiger partial charge in [-0.25, -0.2) is 4.39 Å². The Balaban J connectivity index is 2.79. The van der Waals surface area contributed by atoms with E-state index < -0.39 is 6.10 Å². The first-order valence-electron chi connectivity index (χ1n) is 6.64. The Kier molecular flexibility index (Phi) is 5.51. The summed E-state index contributed by atoms with van der Waals surface area (Å²) in [4.78, 5) is 12.0. The van der Waals surface area contributed by atoms with Gasteiger partial charge in [0, 0.05) is 17.6 Å². The molecule has 1 rings (SSSR count). The van der Waals surface area contributed by atoms with Crippen LogP contribution < -0.4 is 15.4 Å². The number of amides is 1. The molecule has 1 aromatic carbocycles. The lowest BCUT2D eigenvalue weighted by Crippen LogP contribution is -2.46. The Morgan fingerprint density at radius 1 is 1.40 bits per heavy atom. The highest BCUT2D eigenvalue weighted by Crippen LogP contribution is 2.21. The molecule has 20 heavy (non-hydrogen) atoms. The Bertz CT molecular complexity index is 469. The largest absolute Gasteiger partial charge is 0.481 e. The zero-order chi connectivity index (χ0) is 15.3. The van der Waals surface area contributed by atoms with Crippen molar-refractivity contribution in [3.05, 3.63) is 29.6 Å². The number of carbonyl (C=O) groups is 1. The molecule has 1 aromatic rings. The summed E-state index contributed by atoms with van der Waals surface area (Å²) in [6.45, 7) is 7.86. The van der Waals surface area contributed by atoms with Crippen molar-refractivity contribution in [1.82, 2.24) is 10.6 Å². The van der Waals surface area contributed by atoms with Gasteiger partial charge in [0.05, 0.1) is 0 Å². The molecule has 0 saturated carbocycles. The molecule has 112 valence electrons. The van der Waals surface area contributed by atoms with E-state index in [2.05, 4.69) is 10.6 Å². The van der Waals surface area contributed by atoms with Crippen molar-refractivity contribution in [1.29, 1.82) is 0 Å². The number of benzene rings is 1. The summed E-state index contributed by atoms with van der Waals surface area (Å²) >= 11 is 0. The van der Waals surface area contributed by atoms with Gasteiger partial charge in [0.2, 0.25) is 0 Å². The molecule has 1 atom stereocenters. The van der Waals surface area contributed by atoms with Gasteiger partial charge < -0.3 is 15.4 Å². The van der Waals surface area contributed by atoms with Crippen molar-refractivity contribution in [2.24, 2.45) is 0 Å². The van der Waals surface area contributed by atoms with Gasteiger partial charge in [-0.05, 0) is 52.9 Å². The second kappa shape index (κ2) is 6.70. The first-order valence-corrected chi connectivity index (χ1v) is 6.64. The van der Waals surface area contributed by atoms with Gasteiger partial charge in [0.1, 0.15) is 11.6 Å². The topological polar surface area (TPSA) is 50.4 Å². The van der Waals surface area contributed by atoms with Crippen molar-refractivity contribution in [3.63, 3.8) is 0 Å². The molecule has 0 heterocycles. The fourth-order valence-electron chi connectivity index (χ4n) is 1.71. The van der Waals surface area contributed by atoms with E-state index in [1.54, 1.807) is 20.0 Å². The van der Waals surface area contributed by atoms with E-state index in [-0.39, 0.29) is 17.3 Å². The van der Waals surface area contributed by atoms with E-state index in [0.29, 0.717) is 17.9 Å². The molecule has 0 radical (unpaired) electrons. The molecule has 1 amide bonds. The average Bonchev–Trinajstić information content (AvgIpc) is 2.30. The predicted molar refractivity (Wildman–Crippen MR) is 77.1 cm³/mol. The lowest BCUT2D eigenvalue weighted by Gasteiger charge is -2.24. The number of carbonyl (C=O) groups excluding carboxylic acids is 1. The van der Waals surface area contributed by atoms with E-state index in [1.807, 2.05) is 20.8 Å². The van der Waals surface area contributed by atoms with Crippen molar-refractivity contribution >= 4 is 5.91 Å². The highest BCUT2D eigenvalue weighted by Gasteiger charge is 2.21. The number of rotatable bonds is 5. The number of hydrogen-bond donors (Lipinski definition) is 2. The normalized spacial score (nSPS) is 12.9. The maximum Gasteiger partial charge on any atom is 0.261 e. The standard InChI is InChI=1S/C15H23FN2O2/c1-10(14(19)18-15(2,3)4)20-13-7-6-12(16)8-11(13)9-17-5/h6-8,10,17H,9H2,1-5H3,(H,18,19). The van der Waals surface area contributed by atoms with Gasteiger partial charge in [0.25, 0.3) is 5.91 Å². The van der Waals surface area contributed by atoms with Gasteiger partial charge in [-0.1, -0.05) is 0 Å². The molecule has 0 fully saturated rings. The third-order valence-corrected chi connectivity index (χ3v) is 2.56. The average molecular weight is 282 g/mol. The Morgan fingerprint density at radius 2 is 2.05 bits per heavy atom. The fourth-order valence-corrected chi connectivity index (χ4v) is 1.71. The summed E-state index contributed by atoms with van der Waals surface area (Å²) in [6.07, 6.45) is -0.643. The summed E-state index contributed by atoms with van der Waals surface area (Å²) in [6, 6.07) is 4.27. The van der Waals surface area contributed by atoms with E-state index in [1.165, 1.54) is 12.1 Å². The molecule has 1 unspecified atom stereocenters. The van der Waals surface area contributed by atoms with Crippen molar-refractivity contribution in [2.45, 2.75) is 45.9 Å². The Hall–Kier alpha value is -1.62. The Morgan fingerprint density at radius 3 is 2.60 bits per heavy atom. The minimum Gasteiger partial charge on any atom is -0.481 e. The number of hydrogen-bond acceptors (Lipinski definition) is 3. The molecule has 0 aliphatic heterocycles. The highest BCUT2D eigenvalue weighted by molar-refractivity contribution is 5.81. The smallest absolute Gasteiger partial charge is 0.261 e. The minimum absolute atomic E-state index is 0.197. The Labute approximate surface area is 119 Å². The first kappa shape index (κ1) is 16.4. The van der Waals surface area contributed by atoms with Crippen LogP contribution in [0.5, 0.6) is 5.75 Å². The first-order chi connectivity index (χ1) is 9.23. The van der Waals surface area contributed by atoms with Crippen LogP contribution in [-0.2, 0) is 11.3 Å². The number of nitrogens with one attached hydrogen (secondary N) is 2. The van der Waals surface area contributed by atoms with Crippen LogP contribution in [0.4, 0.5) is 4.39 Å². The zero-order valence-corrected chi connectivity index (χ0v) is 12.7. The minimum atomic E-state index is -0.643. The molecular weight excluding hydrogens is 259 g/mol. The summed E-state index contributed by atoms with van der Waals surface area (Å²) in [5, 5.41) is 5.79. The highest BCUT2D eigenvalue weighted by atomic mass is 19.1. The van der Waals surface area contributed by atoms with Gasteiger partial charge in [-0.15, -0.1) is 0 Å². The van der Waals surface area contributed by atoms with E-state index >= 15 is 0 Å². The van der Waals surface area contributed by atoms with Crippen LogP contribution in [0.15, 0.2) is 18.2 Å². The molecule has 0 saturated heterocycles. The van der Waals surface area contributed by atoms with Gasteiger partial charge in [-0.3, -0.25) is 4.79 Å². The molecule has 2 N–H and O–H groups in total. The monoisotopic (exact) mass is 282 g/mol. The summed E-state index contributed by atoms with van der Waals surface area (Å²) in [7, 11) is 1.77.